The fourth-order valence-electron chi connectivity index (χ4n) is 10.3. The first kappa shape index (κ1) is 36.5. The van der Waals surface area contributed by atoms with Gasteiger partial charge in [-0.25, -0.2) is 0 Å². The van der Waals surface area contributed by atoms with Crippen LogP contribution in [0.1, 0.15) is 87.0 Å². The molecule has 266 valence electrons. The molecule has 8 N–H and O–H groups in total. The van der Waals surface area contributed by atoms with Crippen molar-refractivity contribution >= 4 is 11.6 Å². The van der Waals surface area contributed by atoms with E-state index in [2.05, 4.69) is 0 Å². The van der Waals surface area contributed by atoms with Crippen LogP contribution in [0.5, 0.6) is 0 Å². The minimum Gasteiger partial charge on any atom is -0.458 e. The second kappa shape index (κ2) is 11.9. The highest BCUT2D eigenvalue weighted by atomic mass is 16.7. The lowest BCUT2D eigenvalue weighted by Gasteiger charge is -2.63. The van der Waals surface area contributed by atoms with Crippen LogP contribution in [0, 0.1) is 34.0 Å². The van der Waals surface area contributed by atoms with Gasteiger partial charge in [-0.1, -0.05) is 26.8 Å². The lowest BCUT2D eigenvalue weighted by Crippen LogP contribution is -2.64. The molecule has 0 aromatic carbocycles. The van der Waals surface area contributed by atoms with Gasteiger partial charge >= 0.3 is 0 Å². The molecule has 5 aliphatic rings. The molecule has 3 fully saturated rings. The van der Waals surface area contributed by atoms with Crippen LogP contribution in [0.15, 0.2) is 23.0 Å². The summed E-state index contributed by atoms with van der Waals surface area (Å²) in [6, 6.07) is 0. The maximum absolute atomic E-state index is 14.5. The van der Waals surface area contributed by atoms with Crippen molar-refractivity contribution in [3.63, 3.8) is 0 Å². The van der Waals surface area contributed by atoms with Gasteiger partial charge in [0, 0.05) is 30.1 Å². The maximum atomic E-state index is 14.5. The van der Waals surface area contributed by atoms with Gasteiger partial charge in [0.1, 0.15) is 30.2 Å². The Bertz CT molecular complexity index is 1330. The third-order valence-electron chi connectivity index (χ3n) is 13.1. The number of carbonyl (C=O) groups is 2. The van der Waals surface area contributed by atoms with Crippen molar-refractivity contribution in [1.82, 2.24) is 0 Å². The zero-order chi connectivity index (χ0) is 35.2. The molecule has 4 aliphatic carbocycles. The number of Topliss-reactive ketones (excluding diaryl/α,β-unsaturated/α-hetero) is 2. The maximum Gasteiger partial charge on any atom is 0.229 e. The van der Waals surface area contributed by atoms with Gasteiger partial charge in [-0.15, -0.1) is 0 Å². The molecule has 0 bridgehead atoms. The average Bonchev–Trinajstić information content (AvgIpc) is 3.18. The molecule has 0 spiro atoms. The van der Waals surface area contributed by atoms with Crippen molar-refractivity contribution in [3.05, 3.63) is 23.0 Å². The summed E-state index contributed by atoms with van der Waals surface area (Å²) < 4.78 is 11.3. The molecule has 12 heteroatoms. The molecule has 0 aromatic heterocycles. The van der Waals surface area contributed by atoms with Crippen LogP contribution in [0.2, 0.25) is 0 Å². The summed E-state index contributed by atoms with van der Waals surface area (Å²) in [5.74, 6) is -2.21. The average molecular weight is 667 g/mol. The highest BCUT2D eigenvalue weighted by molar-refractivity contribution is 5.99. The van der Waals surface area contributed by atoms with Crippen LogP contribution in [0.3, 0.4) is 0 Å². The highest BCUT2D eigenvalue weighted by Crippen LogP contribution is 2.73. The minimum absolute atomic E-state index is 0.0293. The zero-order valence-electron chi connectivity index (χ0n) is 28.5. The number of hydrogen-bond acceptors (Lipinski definition) is 12. The van der Waals surface area contributed by atoms with E-state index in [-0.39, 0.29) is 43.1 Å². The van der Waals surface area contributed by atoms with E-state index in [0.29, 0.717) is 18.4 Å². The fourth-order valence-corrected chi connectivity index (χ4v) is 10.3. The SMILES string of the molecule is CC1=C(O[C@@H]2O[C@H](CO)[C@@H](O)[C@H](O)[C@H]2O)C(=O)C[C@H]2C1=CC[C@@H]1[C@@]2(C)C(=O)C[C@]2(C)[C@@H]([C@@](C)(O)C(O)CCC(C)(C)O)[C@H](O)C[C@@]12C. The van der Waals surface area contributed by atoms with Crippen molar-refractivity contribution in [2.45, 2.75) is 141 Å². The van der Waals surface area contributed by atoms with Crippen LogP contribution in [0.25, 0.3) is 0 Å². The molecule has 1 heterocycles. The summed E-state index contributed by atoms with van der Waals surface area (Å²) in [6.07, 6.45) is -6.89. The number of aliphatic hydroxyl groups is 8. The summed E-state index contributed by atoms with van der Waals surface area (Å²) in [5, 5.41) is 85.4. The summed E-state index contributed by atoms with van der Waals surface area (Å²) in [7, 11) is 0. The van der Waals surface area contributed by atoms with Crippen LogP contribution in [-0.2, 0) is 19.1 Å². The van der Waals surface area contributed by atoms with Crippen molar-refractivity contribution in [2.24, 2.45) is 34.0 Å². The van der Waals surface area contributed by atoms with Crippen LogP contribution < -0.4 is 0 Å². The van der Waals surface area contributed by atoms with Gasteiger partial charge in [0.2, 0.25) is 6.29 Å². The topological polar surface area (TPSA) is 214 Å². The van der Waals surface area contributed by atoms with E-state index in [9.17, 15) is 50.4 Å². The number of carbonyl (C=O) groups excluding carboxylic acids is 2. The molecule has 47 heavy (non-hydrogen) atoms. The third kappa shape index (κ3) is 5.47. The molecule has 1 saturated heterocycles. The molecule has 12 nitrogen and oxygen atoms in total. The monoisotopic (exact) mass is 666 g/mol. The van der Waals surface area contributed by atoms with Crippen molar-refractivity contribution < 1.29 is 59.9 Å². The van der Waals surface area contributed by atoms with Crippen LogP contribution >= 0.6 is 0 Å². The lowest BCUT2D eigenvalue weighted by atomic mass is 9.39. The Hall–Kier alpha value is -1.74. The van der Waals surface area contributed by atoms with E-state index < -0.39 is 94.6 Å². The first-order valence-electron chi connectivity index (χ1n) is 16.8. The second-order valence-corrected chi connectivity index (χ2v) is 16.5. The van der Waals surface area contributed by atoms with Gasteiger partial charge in [-0.05, 0) is 81.3 Å². The Morgan fingerprint density at radius 1 is 1.02 bits per heavy atom. The molecule has 1 aliphatic heterocycles. The highest BCUT2D eigenvalue weighted by Gasteiger charge is 2.74. The van der Waals surface area contributed by atoms with Crippen molar-refractivity contribution in [3.8, 4) is 0 Å². The van der Waals surface area contributed by atoms with Gasteiger partial charge in [-0.2, -0.15) is 0 Å². The van der Waals surface area contributed by atoms with Gasteiger partial charge in [0.25, 0.3) is 0 Å². The molecular weight excluding hydrogens is 612 g/mol. The van der Waals surface area contributed by atoms with Gasteiger partial charge in [0.15, 0.2) is 11.5 Å². The molecule has 1 unspecified atom stereocenters. The Morgan fingerprint density at radius 3 is 2.26 bits per heavy atom. The number of allylic oxidation sites excluding steroid dienone is 4. The molecule has 2 saturated carbocycles. The van der Waals surface area contributed by atoms with Crippen molar-refractivity contribution in [1.29, 1.82) is 0 Å². The quantitative estimate of drug-likeness (QED) is 0.179. The van der Waals surface area contributed by atoms with Gasteiger partial charge in [-0.3, -0.25) is 9.59 Å². The van der Waals surface area contributed by atoms with E-state index in [1.807, 2.05) is 26.8 Å². The summed E-state index contributed by atoms with van der Waals surface area (Å²) >= 11 is 0. The van der Waals surface area contributed by atoms with E-state index in [4.69, 9.17) is 9.47 Å². The summed E-state index contributed by atoms with van der Waals surface area (Å²) in [6.45, 7) is 11.7. The number of ketones is 2. The summed E-state index contributed by atoms with van der Waals surface area (Å²) in [4.78, 5) is 28.3. The van der Waals surface area contributed by atoms with E-state index in [1.165, 1.54) is 6.92 Å². The molecule has 5 rings (SSSR count). The van der Waals surface area contributed by atoms with Crippen LogP contribution in [0.4, 0.5) is 0 Å². The number of fused-ring (bicyclic) bond motifs is 5. The Morgan fingerprint density at radius 2 is 1.66 bits per heavy atom. The minimum atomic E-state index is -1.75. The smallest absolute Gasteiger partial charge is 0.229 e. The number of aliphatic hydroxyl groups excluding tert-OH is 6. The lowest BCUT2D eigenvalue weighted by molar-refractivity contribution is -0.291. The van der Waals surface area contributed by atoms with E-state index >= 15 is 0 Å². The Labute approximate surface area is 276 Å². The molecule has 0 aromatic rings. The van der Waals surface area contributed by atoms with Gasteiger partial charge < -0.3 is 50.3 Å². The normalized spacial score (nSPS) is 45.9. The predicted molar refractivity (Wildman–Crippen MR) is 167 cm³/mol. The fraction of sp³-hybridized carbons (Fsp3) is 0.829. The standard InChI is InChI=1S/C35H54O12/c1-16-17-8-9-22-32(4)13-20(38)29(35(7,45)23(39)10-11-31(2,3)44)33(32,5)14-24(40)34(22,6)18(17)12-19(37)28(16)47-30-27(43)26(42)25(41)21(15-36)46-30/h8,18,20-23,25-27,29-30,36,38-39,41-45H,9-15H2,1-7H3/t18-,20+,21+,22-,23?,25+,26-,27+,29-,30-,32-,33+,34-,35-/m0/s1. The van der Waals surface area contributed by atoms with E-state index in [0.717, 1.165) is 5.57 Å². The molecule has 14 atom stereocenters. The largest absolute Gasteiger partial charge is 0.458 e. The third-order valence-corrected chi connectivity index (χ3v) is 13.1. The van der Waals surface area contributed by atoms with Crippen molar-refractivity contribution in [2.75, 3.05) is 6.61 Å². The number of hydrogen-bond donors (Lipinski definition) is 8. The number of rotatable bonds is 8. The van der Waals surface area contributed by atoms with Crippen LogP contribution in [-0.4, -0.2) is 113 Å². The molecule has 0 radical (unpaired) electrons. The summed E-state index contributed by atoms with van der Waals surface area (Å²) in [5.41, 5.74) is -4.12. The zero-order valence-corrected chi connectivity index (χ0v) is 28.5. The molecular formula is C35H54O12. The van der Waals surface area contributed by atoms with Gasteiger partial charge in [0.05, 0.1) is 30.0 Å². The second-order valence-electron chi connectivity index (χ2n) is 16.5. The Balaban J connectivity index is 1.47. The van der Waals surface area contributed by atoms with E-state index in [1.54, 1.807) is 20.8 Å². The Kier molecular flexibility index (Phi) is 9.29. The first-order valence-corrected chi connectivity index (χ1v) is 16.8. The number of ether oxygens (including phenoxy) is 2. The predicted octanol–water partition coefficient (Wildman–Crippen LogP) is 0.648. The molecule has 0 amide bonds. The first-order chi connectivity index (χ1) is 21.6.